The average Bonchev–Trinajstić information content (AvgIpc) is 2.29. The molecule has 1 heterocycles. The molecule has 0 aromatic rings. The third kappa shape index (κ3) is 1.27. The minimum Gasteiger partial charge on any atom is -0.310 e. The highest BCUT2D eigenvalue weighted by Crippen LogP contribution is 2.37. The third-order valence-corrected chi connectivity index (χ3v) is 3.70. The quantitative estimate of drug-likeness (QED) is 0.614. The molecule has 1 nitrogen and oxygen atoms in total. The number of hydrogen-bond donors (Lipinski definition) is 1. The molecule has 0 saturated carbocycles. The lowest BCUT2D eigenvalue weighted by molar-refractivity contribution is 0.410. The predicted molar refractivity (Wildman–Crippen MR) is 59.1 cm³/mol. The summed E-state index contributed by atoms with van der Waals surface area (Å²) >= 11 is 0. The molecule has 3 rings (SSSR count). The van der Waals surface area contributed by atoms with Crippen LogP contribution >= 0.6 is 0 Å². The zero-order valence-electron chi connectivity index (χ0n) is 8.50. The highest BCUT2D eigenvalue weighted by Gasteiger charge is 2.29. The minimum atomic E-state index is 0.700. The first kappa shape index (κ1) is 8.49. The van der Waals surface area contributed by atoms with Gasteiger partial charge in [-0.3, -0.25) is 0 Å². The third-order valence-electron chi connectivity index (χ3n) is 3.70. The summed E-state index contributed by atoms with van der Waals surface area (Å²) < 4.78 is 0. The van der Waals surface area contributed by atoms with Gasteiger partial charge in [-0.15, -0.1) is 0 Å². The first-order chi connectivity index (χ1) is 6.95. The van der Waals surface area contributed by atoms with Crippen molar-refractivity contribution >= 4 is 0 Å². The summed E-state index contributed by atoms with van der Waals surface area (Å²) in [5, 5.41) is 3.64. The van der Waals surface area contributed by atoms with Crippen LogP contribution in [0.4, 0.5) is 0 Å². The Morgan fingerprint density at radius 3 is 3.21 bits per heavy atom. The van der Waals surface area contributed by atoms with Crippen molar-refractivity contribution in [3.8, 4) is 0 Å². The molecule has 14 heavy (non-hydrogen) atoms. The van der Waals surface area contributed by atoms with Crippen molar-refractivity contribution in [3.05, 3.63) is 35.5 Å². The van der Waals surface area contributed by atoms with Crippen LogP contribution in [-0.4, -0.2) is 12.6 Å². The van der Waals surface area contributed by atoms with Gasteiger partial charge < -0.3 is 5.32 Å². The second-order valence-corrected chi connectivity index (χ2v) is 4.52. The second-order valence-electron chi connectivity index (χ2n) is 4.52. The van der Waals surface area contributed by atoms with Crippen LogP contribution < -0.4 is 5.32 Å². The lowest BCUT2D eigenvalue weighted by Gasteiger charge is -2.36. The van der Waals surface area contributed by atoms with Gasteiger partial charge in [0, 0.05) is 12.0 Å². The van der Waals surface area contributed by atoms with E-state index in [-0.39, 0.29) is 0 Å². The minimum absolute atomic E-state index is 0.700. The van der Waals surface area contributed by atoms with E-state index in [1.54, 1.807) is 11.1 Å². The average molecular weight is 187 g/mol. The van der Waals surface area contributed by atoms with Crippen LogP contribution in [0.2, 0.25) is 0 Å². The van der Waals surface area contributed by atoms with E-state index in [0.29, 0.717) is 6.04 Å². The molecule has 0 spiro atoms. The SMILES string of the molecule is C1=CC2=C3CCCNC3CCC2C=C1. The summed E-state index contributed by atoms with van der Waals surface area (Å²) in [6.45, 7) is 1.21. The molecule has 1 fully saturated rings. The molecule has 0 bridgehead atoms. The van der Waals surface area contributed by atoms with Crippen molar-refractivity contribution in [1.82, 2.24) is 5.32 Å². The topological polar surface area (TPSA) is 12.0 Å². The van der Waals surface area contributed by atoms with Gasteiger partial charge in [0.25, 0.3) is 0 Å². The van der Waals surface area contributed by atoms with Crippen LogP contribution in [0.3, 0.4) is 0 Å². The van der Waals surface area contributed by atoms with Gasteiger partial charge in [0.2, 0.25) is 0 Å². The van der Waals surface area contributed by atoms with Gasteiger partial charge in [-0.05, 0) is 43.4 Å². The maximum atomic E-state index is 3.64. The van der Waals surface area contributed by atoms with E-state index in [0.717, 1.165) is 5.92 Å². The molecule has 1 aliphatic heterocycles. The summed E-state index contributed by atoms with van der Waals surface area (Å²) in [5.74, 6) is 0.728. The summed E-state index contributed by atoms with van der Waals surface area (Å²) in [4.78, 5) is 0. The van der Waals surface area contributed by atoms with Crippen LogP contribution in [0.1, 0.15) is 25.7 Å². The maximum absolute atomic E-state index is 3.64. The van der Waals surface area contributed by atoms with Gasteiger partial charge in [0.15, 0.2) is 0 Å². The number of nitrogens with one attached hydrogen (secondary N) is 1. The Kier molecular flexibility index (Phi) is 2.06. The molecule has 2 unspecified atom stereocenters. The number of hydrogen-bond acceptors (Lipinski definition) is 1. The van der Waals surface area contributed by atoms with Gasteiger partial charge in [0.1, 0.15) is 0 Å². The maximum Gasteiger partial charge on any atom is 0.0285 e. The Hall–Kier alpha value is -0.820. The zero-order chi connectivity index (χ0) is 9.38. The van der Waals surface area contributed by atoms with Crippen LogP contribution in [0.25, 0.3) is 0 Å². The summed E-state index contributed by atoms with van der Waals surface area (Å²) in [5.41, 5.74) is 3.32. The summed E-state index contributed by atoms with van der Waals surface area (Å²) in [7, 11) is 0. The largest absolute Gasteiger partial charge is 0.310 e. The van der Waals surface area contributed by atoms with Crippen LogP contribution in [0, 0.1) is 5.92 Å². The Labute approximate surface area is 85.6 Å². The summed E-state index contributed by atoms with van der Waals surface area (Å²) in [6, 6.07) is 0.700. The second kappa shape index (κ2) is 3.39. The van der Waals surface area contributed by atoms with E-state index in [9.17, 15) is 0 Å². The lowest BCUT2D eigenvalue weighted by Crippen LogP contribution is -2.39. The highest BCUT2D eigenvalue weighted by atomic mass is 14.9. The van der Waals surface area contributed by atoms with E-state index in [2.05, 4.69) is 29.6 Å². The lowest BCUT2D eigenvalue weighted by atomic mass is 9.75. The number of allylic oxidation sites excluding steroid dienone is 5. The first-order valence-corrected chi connectivity index (χ1v) is 5.76. The molecule has 1 saturated heterocycles. The zero-order valence-corrected chi connectivity index (χ0v) is 8.50. The molecule has 74 valence electrons. The van der Waals surface area contributed by atoms with Crippen molar-refractivity contribution in [2.24, 2.45) is 5.92 Å². The number of piperidine rings is 1. The van der Waals surface area contributed by atoms with Crippen molar-refractivity contribution < 1.29 is 0 Å². The van der Waals surface area contributed by atoms with E-state index in [1.807, 2.05) is 0 Å². The van der Waals surface area contributed by atoms with Crippen molar-refractivity contribution in [2.75, 3.05) is 6.54 Å². The van der Waals surface area contributed by atoms with E-state index < -0.39 is 0 Å². The monoisotopic (exact) mass is 187 g/mol. The van der Waals surface area contributed by atoms with Gasteiger partial charge in [-0.25, -0.2) is 0 Å². The highest BCUT2D eigenvalue weighted by molar-refractivity contribution is 5.41. The van der Waals surface area contributed by atoms with E-state index in [4.69, 9.17) is 0 Å². The van der Waals surface area contributed by atoms with E-state index in [1.165, 1.54) is 32.2 Å². The predicted octanol–water partition coefficient (Wildman–Crippen LogP) is 2.57. The molecule has 0 aromatic heterocycles. The smallest absolute Gasteiger partial charge is 0.0285 e. The van der Waals surface area contributed by atoms with Crippen LogP contribution in [0.5, 0.6) is 0 Å². The van der Waals surface area contributed by atoms with E-state index >= 15 is 0 Å². The molecule has 1 heteroatoms. The fourth-order valence-electron chi connectivity index (χ4n) is 3.00. The van der Waals surface area contributed by atoms with Crippen LogP contribution in [0.15, 0.2) is 35.5 Å². The van der Waals surface area contributed by atoms with Crippen molar-refractivity contribution in [2.45, 2.75) is 31.7 Å². The van der Waals surface area contributed by atoms with Crippen LogP contribution in [-0.2, 0) is 0 Å². The van der Waals surface area contributed by atoms with Gasteiger partial charge in [-0.1, -0.05) is 24.3 Å². The molecule has 2 aliphatic carbocycles. The Morgan fingerprint density at radius 1 is 1.21 bits per heavy atom. The Balaban J connectivity index is 2.00. The molecular formula is C13H17N. The first-order valence-electron chi connectivity index (χ1n) is 5.76. The molecular weight excluding hydrogens is 170 g/mol. The normalized spacial score (nSPS) is 35.4. The molecule has 0 aromatic carbocycles. The molecule has 2 atom stereocenters. The van der Waals surface area contributed by atoms with Crippen molar-refractivity contribution in [3.63, 3.8) is 0 Å². The fraction of sp³-hybridized carbons (Fsp3) is 0.538. The van der Waals surface area contributed by atoms with Gasteiger partial charge in [0.05, 0.1) is 0 Å². The molecule has 3 aliphatic rings. The Morgan fingerprint density at radius 2 is 2.21 bits per heavy atom. The van der Waals surface area contributed by atoms with Gasteiger partial charge >= 0.3 is 0 Å². The van der Waals surface area contributed by atoms with Crippen molar-refractivity contribution in [1.29, 1.82) is 0 Å². The number of rotatable bonds is 0. The fourth-order valence-corrected chi connectivity index (χ4v) is 3.00. The number of fused-ring (bicyclic) bond motifs is 2. The molecule has 0 radical (unpaired) electrons. The Bertz CT molecular complexity index is 322. The summed E-state index contributed by atoms with van der Waals surface area (Å²) in [6.07, 6.45) is 14.4. The molecule has 0 amide bonds. The molecule has 1 N–H and O–H groups in total. The standard InChI is InChI=1S/C13H17N/c1-2-5-11-10(4-1)7-8-13-12(11)6-3-9-14-13/h1-2,4-5,10,13-14H,3,6-9H2. The van der Waals surface area contributed by atoms with Gasteiger partial charge in [-0.2, -0.15) is 0 Å².